The van der Waals surface area contributed by atoms with Crippen LogP contribution in [0.3, 0.4) is 0 Å². The van der Waals surface area contributed by atoms with Crippen LogP contribution in [0.25, 0.3) is 0 Å². The fourth-order valence-corrected chi connectivity index (χ4v) is 3.78. The number of hydrogen-bond acceptors (Lipinski definition) is 2. The first-order valence-corrected chi connectivity index (χ1v) is 7.76. The van der Waals surface area contributed by atoms with Crippen LogP contribution in [-0.4, -0.2) is 35.6 Å². The minimum Gasteiger partial charge on any atom is -0.311 e. The lowest BCUT2D eigenvalue weighted by molar-refractivity contribution is -0.0451. The van der Waals surface area contributed by atoms with Crippen LogP contribution in [0.15, 0.2) is 0 Å². The molecule has 0 radical (unpaired) electrons. The van der Waals surface area contributed by atoms with Crippen molar-refractivity contribution in [3.63, 3.8) is 0 Å². The Kier molecular flexibility index (Phi) is 4.48. The molecule has 1 saturated heterocycles. The Labute approximate surface area is 107 Å². The molecule has 2 nitrogen and oxygen atoms in total. The first-order chi connectivity index (χ1) is 8.25. The molecule has 2 aliphatic rings. The standard InChI is InChI=1S/C15H30N2/c1-4-8-13-12-17(14(5-2)11-16-13)15(6-3)9-7-10-15/h13-14,16H,4-12H2,1-3H3. The van der Waals surface area contributed by atoms with Gasteiger partial charge < -0.3 is 5.32 Å². The highest BCUT2D eigenvalue weighted by Gasteiger charge is 2.45. The topological polar surface area (TPSA) is 15.3 Å². The van der Waals surface area contributed by atoms with Crippen molar-refractivity contribution in [2.24, 2.45) is 0 Å². The van der Waals surface area contributed by atoms with Crippen molar-refractivity contribution in [1.82, 2.24) is 10.2 Å². The normalized spacial score (nSPS) is 33.4. The van der Waals surface area contributed by atoms with Crippen LogP contribution in [0.4, 0.5) is 0 Å². The molecule has 2 atom stereocenters. The molecule has 17 heavy (non-hydrogen) atoms. The summed E-state index contributed by atoms with van der Waals surface area (Å²) < 4.78 is 0. The minimum absolute atomic E-state index is 0.578. The molecule has 0 aromatic carbocycles. The number of hydrogen-bond donors (Lipinski definition) is 1. The molecule has 2 unspecified atom stereocenters. The van der Waals surface area contributed by atoms with Crippen LogP contribution in [-0.2, 0) is 0 Å². The van der Waals surface area contributed by atoms with E-state index >= 15 is 0 Å². The zero-order valence-corrected chi connectivity index (χ0v) is 12.0. The van der Waals surface area contributed by atoms with E-state index in [9.17, 15) is 0 Å². The summed E-state index contributed by atoms with van der Waals surface area (Å²) in [5.41, 5.74) is 0.578. The van der Waals surface area contributed by atoms with Gasteiger partial charge in [0.25, 0.3) is 0 Å². The van der Waals surface area contributed by atoms with E-state index in [4.69, 9.17) is 0 Å². The predicted octanol–water partition coefficient (Wildman–Crippen LogP) is 3.17. The van der Waals surface area contributed by atoms with Gasteiger partial charge in [-0.15, -0.1) is 0 Å². The Balaban J connectivity index is 2.04. The molecule has 2 rings (SSSR count). The molecule has 0 aromatic rings. The van der Waals surface area contributed by atoms with Gasteiger partial charge in [-0.1, -0.05) is 27.2 Å². The summed E-state index contributed by atoms with van der Waals surface area (Å²) in [6, 6.07) is 1.52. The number of nitrogens with one attached hydrogen (secondary N) is 1. The number of piperazine rings is 1. The monoisotopic (exact) mass is 238 g/mol. The number of rotatable bonds is 5. The van der Waals surface area contributed by atoms with Crippen molar-refractivity contribution in [3.8, 4) is 0 Å². The van der Waals surface area contributed by atoms with Gasteiger partial charge in [0.05, 0.1) is 0 Å². The van der Waals surface area contributed by atoms with Gasteiger partial charge in [0.2, 0.25) is 0 Å². The van der Waals surface area contributed by atoms with E-state index in [0.29, 0.717) is 5.54 Å². The SMILES string of the molecule is CCCC1CN(C2(CC)CCC2)C(CC)CN1. The van der Waals surface area contributed by atoms with Crippen molar-refractivity contribution < 1.29 is 0 Å². The molecule has 0 spiro atoms. The molecule has 100 valence electrons. The summed E-state index contributed by atoms with van der Waals surface area (Å²) in [6.45, 7) is 9.55. The second-order valence-electron chi connectivity index (χ2n) is 6.04. The third-order valence-corrected chi connectivity index (χ3v) is 5.16. The molecular weight excluding hydrogens is 208 g/mol. The first kappa shape index (κ1) is 13.4. The van der Waals surface area contributed by atoms with Crippen molar-refractivity contribution >= 4 is 0 Å². The van der Waals surface area contributed by atoms with E-state index in [-0.39, 0.29) is 0 Å². The van der Waals surface area contributed by atoms with Crippen LogP contribution < -0.4 is 5.32 Å². The molecule has 2 heteroatoms. The van der Waals surface area contributed by atoms with E-state index in [1.165, 1.54) is 58.0 Å². The maximum Gasteiger partial charge on any atom is 0.0224 e. The van der Waals surface area contributed by atoms with Crippen molar-refractivity contribution in [1.29, 1.82) is 0 Å². The van der Waals surface area contributed by atoms with E-state index in [1.807, 2.05) is 0 Å². The molecule has 0 bridgehead atoms. The van der Waals surface area contributed by atoms with E-state index in [2.05, 4.69) is 31.0 Å². The van der Waals surface area contributed by atoms with Crippen LogP contribution in [0, 0.1) is 0 Å². The molecule has 0 amide bonds. The maximum absolute atomic E-state index is 3.75. The first-order valence-electron chi connectivity index (χ1n) is 7.76. The molecule has 1 aliphatic carbocycles. The summed E-state index contributed by atoms with van der Waals surface area (Å²) in [5, 5.41) is 3.75. The molecular formula is C15H30N2. The maximum atomic E-state index is 3.75. The van der Waals surface area contributed by atoms with Gasteiger partial charge in [-0.25, -0.2) is 0 Å². The summed E-state index contributed by atoms with van der Waals surface area (Å²) >= 11 is 0. The molecule has 1 N–H and O–H groups in total. The van der Waals surface area contributed by atoms with E-state index in [1.54, 1.807) is 0 Å². The fraction of sp³-hybridized carbons (Fsp3) is 1.00. The third kappa shape index (κ3) is 2.53. The molecule has 1 heterocycles. The zero-order valence-electron chi connectivity index (χ0n) is 12.0. The molecule has 0 aromatic heterocycles. The zero-order chi connectivity index (χ0) is 12.3. The lowest BCUT2D eigenvalue weighted by Crippen LogP contribution is -2.66. The summed E-state index contributed by atoms with van der Waals surface area (Å²) in [5.74, 6) is 0. The van der Waals surface area contributed by atoms with Gasteiger partial charge >= 0.3 is 0 Å². The van der Waals surface area contributed by atoms with Gasteiger partial charge in [0.15, 0.2) is 0 Å². The molecule has 2 fully saturated rings. The van der Waals surface area contributed by atoms with Gasteiger partial charge in [-0.2, -0.15) is 0 Å². The second kappa shape index (κ2) is 5.71. The van der Waals surface area contributed by atoms with E-state index in [0.717, 1.165) is 12.1 Å². The highest BCUT2D eigenvalue weighted by Crippen LogP contribution is 2.42. The van der Waals surface area contributed by atoms with Gasteiger partial charge in [-0.05, 0) is 38.5 Å². The van der Waals surface area contributed by atoms with Crippen LogP contribution >= 0.6 is 0 Å². The molecule has 1 aliphatic heterocycles. The van der Waals surface area contributed by atoms with Crippen LogP contribution in [0.1, 0.15) is 65.7 Å². The fourth-order valence-electron chi connectivity index (χ4n) is 3.78. The van der Waals surface area contributed by atoms with Crippen LogP contribution in [0.2, 0.25) is 0 Å². The Morgan fingerprint density at radius 3 is 2.47 bits per heavy atom. The van der Waals surface area contributed by atoms with Gasteiger partial charge in [0.1, 0.15) is 0 Å². The Bertz CT molecular complexity index is 230. The van der Waals surface area contributed by atoms with Crippen molar-refractivity contribution in [2.45, 2.75) is 83.3 Å². The quantitative estimate of drug-likeness (QED) is 0.791. The minimum atomic E-state index is 0.578. The highest BCUT2D eigenvalue weighted by molar-refractivity contribution is 5.02. The average Bonchev–Trinajstić information content (AvgIpc) is 2.29. The van der Waals surface area contributed by atoms with Crippen LogP contribution in [0.5, 0.6) is 0 Å². The lowest BCUT2D eigenvalue weighted by Gasteiger charge is -2.56. The summed E-state index contributed by atoms with van der Waals surface area (Å²) in [4.78, 5) is 2.88. The van der Waals surface area contributed by atoms with Gasteiger partial charge in [0, 0.05) is 30.7 Å². The van der Waals surface area contributed by atoms with E-state index < -0.39 is 0 Å². The Morgan fingerprint density at radius 2 is 2.00 bits per heavy atom. The Hall–Kier alpha value is -0.0800. The Morgan fingerprint density at radius 1 is 1.24 bits per heavy atom. The van der Waals surface area contributed by atoms with Crippen molar-refractivity contribution in [2.75, 3.05) is 13.1 Å². The number of nitrogens with zero attached hydrogens (tertiary/aromatic N) is 1. The summed E-state index contributed by atoms with van der Waals surface area (Å²) in [6.07, 6.45) is 9.63. The average molecular weight is 238 g/mol. The van der Waals surface area contributed by atoms with Gasteiger partial charge in [-0.3, -0.25) is 4.90 Å². The molecule has 1 saturated carbocycles. The predicted molar refractivity (Wildman–Crippen MR) is 74.4 cm³/mol. The van der Waals surface area contributed by atoms with Crippen molar-refractivity contribution in [3.05, 3.63) is 0 Å². The smallest absolute Gasteiger partial charge is 0.0224 e. The second-order valence-corrected chi connectivity index (χ2v) is 6.04. The summed E-state index contributed by atoms with van der Waals surface area (Å²) in [7, 11) is 0. The largest absolute Gasteiger partial charge is 0.311 e. The third-order valence-electron chi connectivity index (χ3n) is 5.16. The highest BCUT2D eigenvalue weighted by atomic mass is 15.3. The lowest BCUT2D eigenvalue weighted by atomic mass is 9.72.